The van der Waals surface area contributed by atoms with Gasteiger partial charge in [0.25, 0.3) is 0 Å². The highest BCUT2D eigenvalue weighted by atomic mass is 16.5. The molecule has 0 spiro atoms. The fourth-order valence-corrected chi connectivity index (χ4v) is 2.73. The van der Waals surface area contributed by atoms with E-state index in [0.717, 1.165) is 12.3 Å². The molecule has 0 fully saturated rings. The average molecular weight is 294 g/mol. The standard InChI is InChI=1S/C19H22N2O/c1-3-22-17-8-4-6-15(12-17)14(2)21-13-16-7-5-9-19-18(16)10-11-20-19/h4-12,14,20-21H,3,13H2,1-2H3. The van der Waals surface area contributed by atoms with E-state index in [0.29, 0.717) is 6.61 Å². The third-order valence-electron chi connectivity index (χ3n) is 3.95. The first-order chi connectivity index (χ1) is 10.8. The summed E-state index contributed by atoms with van der Waals surface area (Å²) in [6.45, 7) is 5.73. The van der Waals surface area contributed by atoms with Gasteiger partial charge in [0.2, 0.25) is 0 Å². The average Bonchev–Trinajstić information content (AvgIpc) is 3.02. The number of benzene rings is 2. The molecular weight excluding hydrogens is 272 g/mol. The Labute approximate surface area is 131 Å². The van der Waals surface area contributed by atoms with Crippen LogP contribution >= 0.6 is 0 Å². The van der Waals surface area contributed by atoms with Gasteiger partial charge in [0.05, 0.1) is 6.61 Å². The monoisotopic (exact) mass is 294 g/mol. The lowest BCUT2D eigenvalue weighted by Gasteiger charge is -2.16. The Morgan fingerprint density at radius 2 is 2.00 bits per heavy atom. The van der Waals surface area contributed by atoms with Crippen molar-refractivity contribution in [3.05, 3.63) is 65.9 Å². The van der Waals surface area contributed by atoms with Crippen LogP contribution in [0.2, 0.25) is 0 Å². The number of fused-ring (bicyclic) bond motifs is 1. The first-order valence-corrected chi connectivity index (χ1v) is 7.79. The second-order valence-corrected chi connectivity index (χ2v) is 5.46. The number of nitrogens with one attached hydrogen (secondary N) is 2. The van der Waals surface area contributed by atoms with Crippen molar-refractivity contribution in [3.63, 3.8) is 0 Å². The van der Waals surface area contributed by atoms with Gasteiger partial charge in [-0.15, -0.1) is 0 Å². The molecule has 0 radical (unpaired) electrons. The Bertz CT molecular complexity index is 748. The van der Waals surface area contributed by atoms with E-state index in [4.69, 9.17) is 4.74 Å². The number of aromatic amines is 1. The van der Waals surface area contributed by atoms with Crippen LogP contribution in [0.4, 0.5) is 0 Å². The Kier molecular flexibility index (Phi) is 4.45. The molecule has 0 aliphatic rings. The van der Waals surface area contributed by atoms with Crippen LogP contribution in [-0.2, 0) is 6.54 Å². The third-order valence-corrected chi connectivity index (χ3v) is 3.95. The Hall–Kier alpha value is -2.26. The van der Waals surface area contributed by atoms with Crippen LogP contribution < -0.4 is 10.1 Å². The summed E-state index contributed by atoms with van der Waals surface area (Å²) in [4.78, 5) is 3.26. The minimum atomic E-state index is 0.273. The van der Waals surface area contributed by atoms with Crippen molar-refractivity contribution in [1.29, 1.82) is 0 Å². The third kappa shape index (κ3) is 3.15. The van der Waals surface area contributed by atoms with E-state index >= 15 is 0 Å². The molecule has 0 saturated heterocycles. The first-order valence-electron chi connectivity index (χ1n) is 7.79. The van der Waals surface area contributed by atoms with Crippen LogP contribution in [-0.4, -0.2) is 11.6 Å². The molecule has 22 heavy (non-hydrogen) atoms. The van der Waals surface area contributed by atoms with Crippen LogP contribution in [0.15, 0.2) is 54.7 Å². The van der Waals surface area contributed by atoms with Crippen molar-refractivity contribution in [3.8, 4) is 5.75 Å². The van der Waals surface area contributed by atoms with Crippen molar-refractivity contribution >= 4 is 10.9 Å². The van der Waals surface area contributed by atoms with Gasteiger partial charge in [0.15, 0.2) is 0 Å². The zero-order valence-corrected chi connectivity index (χ0v) is 13.1. The maximum atomic E-state index is 5.57. The summed E-state index contributed by atoms with van der Waals surface area (Å²) >= 11 is 0. The van der Waals surface area contributed by atoms with E-state index in [2.05, 4.69) is 53.6 Å². The summed E-state index contributed by atoms with van der Waals surface area (Å²) in [6.07, 6.45) is 1.99. The minimum absolute atomic E-state index is 0.273. The number of rotatable bonds is 6. The van der Waals surface area contributed by atoms with E-state index in [-0.39, 0.29) is 6.04 Å². The number of hydrogen-bond donors (Lipinski definition) is 2. The molecule has 0 saturated carbocycles. The maximum Gasteiger partial charge on any atom is 0.119 e. The van der Waals surface area contributed by atoms with Gasteiger partial charge >= 0.3 is 0 Å². The Balaban J connectivity index is 1.70. The van der Waals surface area contributed by atoms with E-state index in [9.17, 15) is 0 Å². The highest BCUT2D eigenvalue weighted by Crippen LogP contribution is 2.21. The van der Waals surface area contributed by atoms with Gasteiger partial charge in [-0.1, -0.05) is 24.3 Å². The predicted molar refractivity (Wildman–Crippen MR) is 91.2 cm³/mol. The molecule has 1 unspecified atom stereocenters. The summed E-state index contributed by atoms with van der Waals surface area (Å²) in [5.41, 5.74) is 3.74. The van der Waals surface area contributed by atoms with Gasteiger partial charge in [-0.2, -0.15) is 0 Å². The normalized spacial score (nSPS) is 12.5. The van der Waals surface area contributed by atoms with Crippen LogP contribution in [0.3, 0.4) is 0 Å². The topological polar surface area (TPSA) is 37.0 Å². The summed E-state index contributed by atoms with van der Waals surface area (Å²) in [7, 11) is 0. The largest absolute Gasteiger partial charge is 0.494 e. The zero-order valence-electron chi connectivity index (χ0n) is 13.1. The summed E-state index contributed by atoms with van der Waals surface area (Å²) in [5, 5.41) is 4.88. The van der Waals surface area contributed by atoms with Gasteiger partial charge in [-0.05, 0) is 49.2 Å². The second-order valence-electron chi connectivity index (χ2n) is 5.46. The molecule has 3 aromatic rings. The molecule has 1 atom stereocenters. The fourth-order valence-electron chi connectivity index (χ4n) is 2.73. The lowest BCUT2D eigenvalue weighted by molar-refractivity contribution is 0.339. The van der Waals surface area contributed by atoms with Crippen molar-refractivity contribution in [2.75, 3.05) is 6.61 Å². The van der Waals surface area contributed by atoms with E-state index in [1.165, 1.54) is 22.0 Å². The fraction of sp³-hybridized carbons (Fsp3) is 0.263. The molecule has 2 N–H and O–H groups in total. The highest BCUT2D eigenvalue weighted by Gasteiger charge is 2.08. The molecule has 0 aliphatic heterocycles. The van der Waals surface area contributed by atoms with Gasteiger partial charge in [0, 0.05) is 29.7 Å². The van der Waals surface area contributed by atoms with Crippen molar-refractivity contribution in [2.24, 2.45) is 0 Å². The Morgan fingerprint density at radius 3 is 2.86 bits per heavy atom. The maximum absolute atomic E-state index is 5.57. The number of H-pyrrole nitrogens is 1. The molecule has 1 aromatic heterocycles. The molecule has 0 aliphatic carbocycles. The number of hydrogen-bond acceptors (Lipinski definition) is 2. The van der Waals surface area contributed by atoms with E-state index in [1.807, 2.05) is 25.3 Å². The van der Waals surface area contributed by atoms with E-state index in [1.54, 1.807) is 0 Å². The molecule has 114 valence electrons. The molecule has 1 heterocycles. The van der Waals surface area contributed by atoms with E-state index < -0.39 is 0 Å². The van der Waals surface area contributed by atoms with Crippen LogP contribution in [0.5, 0.6) is 5.75 Å². The second kappa shape index (κ2) is 6.67. The number of aromatic nitrogens is 1. The highest BCUT2D eigenvalue weighted by molar-refractivity contribution is 5.82. The summed E-state index contributed by atoms with van der Waals surface area (Å²) in [6, 6.07) is 17.1. The minimum Gasteiger partial charge on any atom is -0.494 e. The quantitative estimate of drug-likeness (QED) is 0.706. The molecule has 3 nitrogen and oxygen atoms in total. The lowest BCUT2D eigenvalue weighted by Crippen LogP contribution is -2.18. The van der Waals surface area contributed by atoms with Crippen molar-refractivity contribution in [1.82, 2.24) is 10.3 Å². The Morgan fingerprint density at radius 1 is 1.14 bits per heavy atom. The van der Waals surface area contributed by atoms with Crippen LogP contribution in [0.25, 0.3) is 10.9 Å². The lowest BCUT2D eigenvalue weighted by atomic mass is 10.1. The molecule has 3 heteroatoms. The van der Waals surface area contributed by atoms with Gasteiger partial charge in [0.1, 0.15) is 5.75 Å². The molecule has 3 rings (SSSR count). The van der Waals surface area contributed by atoms with Crippen molar-refractivity contribution in [2.45, 2.75) is 26.4 Å². The van der Waals surface area contributed by atoms with Crippen LogP contribution in [0.1, 0.15) is 31.0 Å². The van der Waals surface area contributed by atoms with Gasteiger partial charge in [-0.25, -0.2) is 0 Å². The first kappa shape index (κ1) is 14.7. The van der Waals surface area contributed by atoms with Gasteiger partial charge in [-0.3, -0.25) is 0 Å². The molecule has 0 bridgehead atoms. The summed E-state index contributed by atoms with van der Waals surface area (Å²) in [5.74, 6) is 0.932. The smallest absolute Gasteiger partial charge is 0.119 e. The van der Waals surface area contributed by atoms with Crippen molar-refractivity contribution < 1.29 is 4.74 Å². The SMILES string of the molecule is CCOc1cccc(C(C)NCc2cccc3[nH]ccc23)c1. The number of ether oxygens (including phenoxy) is 1. The van der Waals surface area contributed by atoms with Gasteiger partial charge < -0.3 is 15.0 Å². The molecular formula is C19H22N2O. The molecule has 2 aromatic carbocycles. The molecule has 0 amide bonds. The predicted octanol–water partition coefficient (Wildman–Crippen LogP) is 4.42. The summed E-state index contributed by atoms with van der Waals surface area (Å²) < 4.78 is 5.57. The zero-order chi connectivity index (χ0) is 15.4. The van der Waals surface area contributed by atoms with Crippen LogP contribution in [0, 0.1) is 0 Å².